The molecule has 2 N–H and O–H groups in total. The van der Waals surface area contributed by atoms with E-state index in [1.165, 1.54) is 30.6 Å². The van der Waals surface area contributed by atoms with Gasteiger partial charge >= 0.3 is 0 Å². The van der Waals surface area contributed by atoms with Crippen molar-refractivity contribution in [3.05, 3.63) is 33.8 Å². The zero-order valence-electron chi connectivity index (χ0n) is 11.2. The Morgan fingerprint density at radius 3 is 2.75 bits per heavy atom. The summed E-state index contributed by atoms with van der Waals surface area (Å²) in [6, 6.07) is 4.53. The number of phenolic OH excluding ortho intramolecular Hbond substituents is 1. The molecule has 0 aliphatic rings. The van der Waals surface area contributed by atoms with Crippen LogP contribution in [-0.4, -0.2) is 28.3 Å². The summed E-state index contributed by atoms with van der Waals surface area (Å²) < 4.78 is 4.97. The number of aromatic hydroxyl groups is 1. The summed E-state index contributed by atoms with van der Waals surface area (Å²) >= 11 is 1.46. The van der Waals surface area contributed by atoms with Gasteiger partial charge in [0.05, 0.1) is 19.2 Å². The van der Waals surface area contributed by atoms with Gasteiger partial charge in [-0.2, -0.15) is 0 Å². The zero-order chi connectivity index (χ0) is 14.5. The molecule has 2 rings (SSSR count). The van der Waals surface area contributed by atoms with Crippen molar-refractivity contribution in [1.29, 1.82) is 0 Å². The lowest BCUT2D eigenvalue weighted by molar-refractivity contribution is 0.0948. The molecule has 0 radical (unpaired) electrons. The molecule has 0 aliphatic heterocycles. The van der Waals surface area contributed by atoms with Crippen LogP contribution in [0.15, 0.2) is 18.2 Å². The first-order chi connectivity index (χ1) is 9.63. The summed E-state index contributed by atoms with van der Waals surface area (Å²) in [5, 5.41) is 22.1. The largest absolute Gasteiger partial charge is 0.507 e. The summed E-state index contributed by atoms with van der Waals surface area (Å²) in [5.74, 6) is 0.0162. The highest BCUT2D eigenvalue weighted by atomic mass is 32.1. The minimum atomic E-state index is -0.363. The van der Waals surface area contributed by atoms with Crippen molar-refractivity contribution >= 4 is 17.2 Å². The van der Waals surface area contributed by atoms with E-state index in [0.29, 0.717) is 12.3 Å². The Hall–Kier alpha value is -2.15. The highest BCUT2D eigenvalue weighted by Gasteiger charge is 2.12. The molecule has 0 saturated heterocycles. The monoisotopic (exact) mass is 293 g/mol. The van der Waals surface area contributed by atoms with Gasteiger partial charge in [0.1, 0.15) is 21.5 Å². The molecule has 1 heterocycles. The molecule has 0 fully saturated rings. The van der Waals surface area contributed by atoms with Crippen LogP contribution in [0.25, 0.3) is 0 Å². The number of benzene rings is 1. The smallest absolute Gasteiger partial charge is 0.255 e. The predicted octanol–water partition coefficient (Wildman–Crippen LogP) is 1.74. The van der Waals surface area contributed by atoms with Gasteiger partial charge in [-0.15, -0.1) is 10.2 Å². The quantitative estimate of drug-likeness (QED) is 0.877. The van der Waals surface area contributed by atoms with Gasteiger partial charge < -0.3 is 15.2 Å². The maximum absolute atomic E-state index is 12.0. The van der Waals surface area contributed by atoms with Crippen molar-refractivity contribution in [2.75, 3.05) is 7.11 Å². The number of nitrogens with zero attached hydrogens (tertiary/aromatic N) is 2. The number of amides is 1. The Morgan fingerprint density at radius 1 is 1.40 bits per heavy atom. The molecule has 1 aromatic carbocycles. The molecule has 0 saturated carbocycles. The van der Waals surface area contributed by atoms with E-state index in [1.807, 2.05) is 6.92 Å². The summed E-state index contributed by atoms with van der Waals surface area (Å²) in [6.07, 6.45) is 0.824. The van der Waals surface area contributed by atoms with Crippen LogP contribution < -0.4 is 10.1 Å². The van der Waals surface area contributed by atoms with Gasteiger partial charge in [0.15, 0.2) is 0 Å². The van der Waals surface area contributed by atoms with Crippen LogP contribution in [-0.2, 0) is 13.0 Å². The molecule has 1 aromatic heterocycles. The van der Waals surface area contributed by atoms with Gasteiger partial charge in [-0.3, -0.25) is 4.79 Å². The Balaban J connectivity index is 2.01. The molecule has 6 nitrogen and oxygen atoms in total. The Kier molecular flexibility index (Phi) is 4.52. The number of hydrogen-bond donors (Lipinski definition) is 2. The standard InChI is InChI=1S/C13H15N3O3S/c1-3-11-15-16-12(20-11)7-14-13(18)9-5-4-8(19-2)6-10(9)17/h4-6,17H,3,7H2,1-2H3,(H,14,18). The second-order valence-electron chi connectivity index (χ2n) is 4.01. The van der Waals surface area contributed by atoms with Crippen molar-refractivity contribution in [2.45, 2.75) is 19.9 Å². The highest BCUT2D eigenvalue weighted by molar-refractivity contribution is 7.11. The second kappa shape index (κ2) is 6.33. The van der Waals surface area contributed by atoms with Crippen LogP contribution in [0.5, 0.6) is 11.5 Å². The van der Waals surface area contributed by atoms with Crippen LogP contribution in [0.4, 0.5) is 0 Å². The minimum absolute atomic E-state index is 0.117. The van der Waals surface area contributed by atoms with Crippen LogP contribution in [0.1, 0.15) is 27.3 Å². The van der Waals surface area contributed by atoms with Gasteiger partial charge in [0.25, 0.3) is 5.91 Å². The van der Waals surface area contributed by atoms with E-state index in [1.54, 1.807) is 6.07 Å². The molecule has 20 heavy (non-hydrogen) atoms. The highest BCUT2D eigenvalue weighted by Crippen LogP contribution is 2.23. The van der Waals surface area contributed by atoms with E-state index in [4.69, 9.17) is 4.74 Å². The molecule has 0 spiro atoms. The van der Waals surface area contributed by atoms with Crippen molar-refractivity contribution in [3.63, 3.8) is 0 Å². The lowest BCUT2D eigenvalue weighted by Crippen LogP contribution is -2.22. The first-order valence-electron chi connectivity index (χ1n) is 6.10. The molecule has 0 bridgehead atoms. The number of carbonyl (C=O) groups excluding carboxylic acids is 1. The molecule has 1 amide bonds. The number of aromatic nitrogens is 2. The fourth-order valence-corrected chi connectivity index (χ4v) is 2.31. The second-order valence-corrected chi connectivity index (χ2v) is 5.16. The number of carbonyl (C=O) groups is 1. The van der Waals surface area contributed by atoms with Crippen LogP contribution in [0.3, 0.4) is 0 Å². The van der Waals surface area contributed by atoms with E-state index in [2.05, 4.69) is 15.5 Å². The molecular formula is C13H15N3O3S. The Labute approximate surface area is 120 Å². The third-order valence-electron chi connectivity index (χ3n) is 2.66. The number of aryl methyl sites for hydroxylation is 1. The number of phenols is 1. The fourth-order valence-electron chi connectivity index (χ4n) is 1.58. The number of rotatable bonds is 5. The topological polar surface area (TPSA) is 84.3 Å². The number of hydrogen-bond acceptors (Lipinski definition) is 6. The SMILES string of the molecule is CCc1nnc(CNC(=O)c2ccc(OC)cc2O)s1. The molecule has 0 aliphatic carbocycles. The normalized spacial score (nSPS) is 10.3. The van der Waals surface area contributed by atoms with Gasteiger partial charge in [-0.25, -0.2) is 0 Å². The van der Waals surface area contributed by atoms with E-state index in [0.717, 1.165) is 16.4 Å². The van der Waals surface area contributed by atoms with Crippen molar-refractivity contribution in [2.24, 2.45) is 0 Å². The number of nitrogens with one attached hydrogen (secondary N) is 1. The van der Waals surface area contributed by atoms with Gasteiger partial charge in [-0.1, -0.05) is 18.3 Å². The molecule has 0 unspecified atom stereocenters. The van der Waals surface area contributed by atoms with E-state index in [-0.39, 0.29) is 17.2 Å². The van der Waals surface area contributed by atoms with E-state index >= 15 is 0 Å². The third-order valence-corrected chi connectivity index (χ3v) is 3.73. The van der Waals surface area contributed by atoms with E-state index in [9.17, 15) is 9.90 Å². The van der Waals surface area contributed by atoms with Gasteiger partial charge in [0.2, 0.25) is 0 Å². The molecule has 106 valence electrons. The zero-order valence-corrected chi connectivity index (χ0v) is 12.0. The van der Waals surface area contributed by atoms with Crippen molar-refractivity contribution in [3.8, 4) is 11.5 Å². The number of ether oxygens (including phenoxy) is 1. The predicted molar refractivity (Wildman–Crippen MR) is 75.1 cm³/mol. The molecule has 0 atom stereocenters. The average Bonchev–Trinajstić information content (AvgIpc) is 2.92. The molecule has 2 aromatic rings. The first-order valence-corrected chi connectivity index (χ1v) is 6.92. The van der Waals surface area contributed by atoms with Crippen LogP contribution in [0.2, 0.25) is 0 Å². The van der Waals surface area contributed by atoms with Gasteiger partial charge in [-0.05, 0) is 18.6 Å². The molecule has 7 heteroatoms. The first kappa shape index (κ1) is 14.3. The van der Waals surface area contributed by atoms with E-state index < -0.39 is 0 Å². The Bertz CT molecular complexity index is 613. The number of methoxy groups -OCH3 is 1. The maximum atomic E-state index is 12.0. The summed E-state index contributed by atoms with van der Waals surface area (Å²) in [5.41, 5.74) is 0.200. The lowest BCUT2D eigenvalue weighted by atomic mass is 10.2. The summed E-state index contributed by atoms with van der Waals surface area (Å²) in [7, 11) is 1.50. The van der Waals surface area contributed by atoms with Crippen LogP contribution in [0, 0.1) is 0 Å². The minimum Gasteiger partial charge on any atom is -0.507 e. The average molecular weight is 293 g/mol. The van der Waals surface area contributed by atoms with Crippen molar-refractivity contribution in [1.82, 2.24) is 15.5 Å². The lowest BCUT2D eigenvalue weighted by Gasteiger charge is -2.06. The van der Waals surface area contributed by atoms with Crippen molar-refractivity contribution < 1.29 is 14.6 Å². The molecular weight excluding hydrogens is 278 g/mol. The maximum Gasteiger partial charge on any atom is 0.255 e. The summed E-state index contributed by atoms with van der Waals surface area (Å²) in [6.45, 7) is 2.29. The van der Waals surface area contributed by atoms with Gasteiger partial charge in [0, 0.05) is 6.07 Å². The summed E-state index contributed by atoms with van der Waals surface area (Å²) in [4.78, 5) is 12.0. The third kappa shape index (κ3) is 3.24. The fraction of sp³-hybridized carbons (Fsp3) is 0.308. The van der Waals surface area contributed by atoms with Crippen LogP contribution >= 0.6 is 11.3 Å². The Morgan fingerprint density at radius 2 is 2.15 bits per heavy atom.